The van der Waals surface area contributed by atoms with Gasteiger partial charge in [0, 0.05) is 17.6 Å². The number of nitrogens with one attached hydrogen (secondary N) is 1. The maximum absolute atomic E-state index is 14.1. The molecule has 0 aliphatic rings. The van der Waals surface area contributed by atoms with Gasteiger partial charge >= 0.3 is 0 Å². The molecule has 1 N–H and O–H groups in total. The lowest BCUT2D eigenvalue weighted by atomic mass is 10.1. The van der Waals surface area contributed by atoms with E-state index in [1.165, 1.54) is 35.2 Å². The van der Waals surface area contributed by atoms with Crippen LogP contribution in [0.2, 0.25) is 10.0 Å². The van der Waals surface area contributed by atoms with E-state index in [4.69, 9.17) is 23.2 Å². The molecule has 0 saturated heterocycles. The van der Waals surface area contributed by atoms with Crippen LogP contribution < -0.4 is 9.62 Å². The Kier molecular flexibility index (Phi) is 11.0. The van der Waals surface area contributed by atoms with Gasteiger partial charge in [0.05, 0.1) is 15.6 Å². The van der Waals surface area contributed by atoms with Crippen LogP contribution in [0.3, 0.4) is 0 Å². The van der Waals surface area contributed by atoms with E-state index in [-0.39, 0.29) is 34.1 Å². The molecule has 0 aromatic heterocycles. The van der Waals surface area contributed by atoms with Crippen LogP contribution >= 0.6 is 23.2 Å². The monoisotopic (exact) mass is 603 g/mol. The molecule has 0 heterocycles. The lowest BCUT2D eigenvalue weighted by Crippen LogP contribution is -2.53. The van der Waals surface area contributed by atoms with Crippen molar-refractivity contribution in [3.05, 3.63) is 94.0 Å². The molecule has 40 heavy (non-hydrogen) atoms. The molecule has 3 aromatic carbocycles. The lowest BCUT2D eigenvalue weighted by Gasteiger charge is -2.34. The predicted octanol–water partition coefficient (Wildman–Crippen LogP) is 6.22. The van der Waals surface area contributed by atoms with E-state index in [9.17, 15) is 18.0 Å². The molecule has 7 nitrogen and oxygen atoms in total. The number of carbonyl (C=O) groups excluding carboxylic acids is 2. The Morgan fingerprint density at radius 1 is 0.925 bits per heavy atom. The first kappa shape index (κ1) is 31.5. The molecule has 0 aliphatic heterocycles. The second kappa shape index (κ2) is 14.0. The molecule has 0 saturated carbocycles. The molecular weight excluding hydrogens is 569 g/mol. The first-order chi connectivity index (χ1) is 19.0. The average Bonchev–Trinajstić information content (AvgIpc) is 2.92. The Morgan fingerprint density at radius 3 is 2.23 bits per heavy atom. The van der Waals surface area contributed by atoms with E-state index in [0.29, 0.717) is 11.4 Å². The van der Waals surface area contributed by atoms with Crippen molar-refractivity contribution in [2.24, 2.45) is 0 Å². The highest BCUT2D eigenvalue weighted by molar-refractivity contribution is 7.92. The Balaban J connectivity index is 2.08. The fourth-order valence-corrected chi connectivity index (χ4v) is 6.30. The molecule has 0 unspecified atom stereocenters. The third-order valence-electron chi connectivity index (χ3n) is 6.61. The largest absolute Gasteiger partial charge is 0.352 e. The maximum Gasteiger partial charge on any atom is 0.264 e. The summed E-state index contributed by atoms with van der Waals surface area (Å²) in [5.74, 6) is -0.835. The zero-order valence-electron chi connectivity index (χ0n) is 23.1. The van der Waals surface area contributed by atoms with Gasteiger partial charge in [-0.05, 0) is 62.6 Å². The van der Waals surface area contributed by atoms with Crippen LogP contribution in [0, 0.1) is 6.92 Å². The van der Waals surface area contributed by atoms with E-state index in [1.807, 2.05) is 52.0 Å². The molecule has 3 rings (SSSR count). The van der Waals surface area contributed by atoms with Crippen molar-refractivity contribution in [1.29, 1.82) is 0 Å². The number of sulfonamides is 1. The van der Waals surface area contributed by atoms with Crippen LogP contribution in [0.4, 0.5) is 5.69 Å². The molecule has 0 spiro atoms. The molecule has 214 valence electrons. The number of anilines is 1. The summed E-state index contributed by atoms with van der Waals surface area (Å²) in [6.45, 7) is 7.18. The second-order valence-corrected chi connectivity index (χ2v) is 12.4. The second-order valence-electron chi connectivity index (χ2n) is 9.67. The number of carbonyl (C=O) groups is 2. The van der Waals surface area contributed by atoms with Crippen LogP contribution in [-0.2, 0) is 26.2 Å². The van der Waals surface area contributed by atoms with Gasteiger partial charge in [0.25, 0.3) is 10.0 Å². The smallest absolute Gasteiger partial charge is 0.264 e. The van der Waals surface area contributed by atoms with Crippen molar-refractivity contribution in [2.45, 2.75) is 64.1 Å². The summed E-state index contributed by atoms with van der Waals surface area (Å²) < 4.78 is 28.7. The number of aryl methyl sites for hydroxylation is 1. The summed E-state index contributed by atoms with van der Waals surface area (Å²) >= 11 is 12.6. The van der Waals surface area contributed by atoms with Crippen molar-refractivity contribution >= 4 is 50.7 Å². The van der Waals surface area contributed by atoms with Gasteiger partial charge in [0.2, 0.25) is 11.8 Å². The van der Waals surface area contributed by atoms with Crippen LogP contribution in [-0.4, -0.2) is 43.8 Å². The van der Waals surface area contributed by atoms with Gasteiger partial charge in [0.1, 0.15) is 12.6 Å². The third-order valence-corrected chi connectivity index (χ3v) is 8.92. The first-order valence-electron chi connectivity index (χ1n) is 13.2. The molecule has 0 bridgehead atoms. The van der Waals surface area contributed by atoms with Crippen molar-refractivity contribution in [3.63, 3.8) is 0 Å². The van der Waals surface area contributed by atoms with Crippen molar-refractivity contribution in [3.8, 4) is 0 Å². The van der Waals surface area contributed by atoms with Gasteiger partial charge in [-0.15, -0.1) is 0 Å². The number of hydrogen-bond donors (Lipinski definition) is 1. The maximum atomic E-state index is 14.1. The highest BCUT2D eigenvalue weighted by atomic mass is 35.5. The summed E-state index contributed by atoms with van der Waals surface area (Å²) in [5, 5.41) is 3.37. The zero-order chi connectivity index (χ0) is 29.4. The quantitative estimate of drug-likeness (QED) is 0.266. The normalized spacial score (nSPS) is 12.8. The Bertz CT molecular complexity index is 1430. The predicted molar refractivity (Wildman–Crippen MR) is 161 cm³/mol. The Morgan fingerprint density at radius 2 is 1.62 bits per heavy atom. The average molecular weight is 605 g/mol. The van der Waals surface area contributed by atoms with Gasteiger partial charge in [-0.3, -0.25) is 13.9 Å². The zero-order valence-corrected chi connectivity index (χ0v) is 25.4. The molecular formula is C30H35Cl2N3O4S. The number of nitrogens with zero attached hydrogens (tertiary/aromatic N) is 2. The fraction of sp³-hybridized carbons (Fsp3) is 0.333. The van der Waals surface area contributed by atoms with Crippen molar-refractivity contribution in [1.82, 2.24) is 10.2 Å². The number of rotatable bonds is 12. The number of amides is 2. The van der Waals surface area contributed by atoms with Crippen LogP contribution in [0.15, 0.2) is 77.7 Å². The summed E-state index contributed by atoms with van der Waals surface area (Å²) in [6.07, 6.45) is 1.07. The van der Waals surface area contributed by atoms with E-state index in [1.54, 1.807) is 18.2 Å². The lowest BCUT2D eigenvalue weighted by molar-refractivity contribution is -0.140. The van der Waals surface area contributed by atoms with Crippen LogP contribution in [0.25, 0.3) is 0 Å². The summed E-state index contributed by atoms with van der Waals surface area (Å²) in [4.78, 5) is 28.9. The number of benzene rings is 3. The molecule has 3 aromatic rings. The standard InChI is InChI=1S/C30H35Cl2N3O4S/c1-5-22(4)33-30(37)27(6-2)34(19-23-12-10-11-21(3)17-23)29(36)20-35(28-16-15-24(31)18-26(28)32)40(38,39)25-13-8-7-9-14-25/h7-18,22,27H,5-6,19-20H2,1-4H3,(H,33,37)/t22-,27-/m1/s1. The highest BCUT2D eigenvalue weighted by Crippen LogP contribution is 2.33. The first-order valence-corrected chi connectivity index (χ1v) is 15.4. The highest BCUT2D eigenvalue weighted by Gasteiger charge is 2.34. The van der Waals surface area contributed by atoms with E-state index >= 15 is 0 Å². The molecule has 2 atom stereocenters. The van der Waals surface area contributed by atoms with Gasteiger partial charge in [-0.1, -0.05) is 85.1 Å². The van der Waals surface area contributed by atoms with Gasteiger partial charge in [0.15, 0.2) is 0 Å². The molecule has 2 amide bonds. The summed E-state index contributed by atoms with van der Waals surface area (Å²) in [6, 6.07) is 19.0. The summed E-state index contributed by atoms with van der Waals surface area (Å²) in [7, 11) is -4.22. The fourth-order valence-electron chi connectivity index (χ4n) is 4.28. The van der Waals surface area contributed by atoms with E-state index in [0.717, 1.165) is 21.9 Å². The minimum atomic E-state index is -4.22. The SMILES string of the molecule is CC[C@@H](C)NC(=O)[C@@H](CC)N(Cc1cccc(C)c1)C(=O)CN(c1ccc(Cl)cc1Cl)S(=O)(=O)c1ccccc1. The van der Waals surface area contributed by atoms with Crippen molar-refractivity contribution in [2.75, 3.05) is 10.8 Å². The minimum absolute atomic E-state index is 0.000561. The topological polar surface area (TPSA) is 86.8 Å². The molecule has 0 radical (unpaired) electrons. The Hall–Kier alpha value is -3.07. The van der Waals surface area contributed by atoms with E-state index in [2.05, 4.69) is 5.32 Å². The van der Waals surface area contributed by atoms with Crippen molar-refractivity contribution < 1.29 is 18.0 Å². The third kappa shape index (κ3) is 7.77. The van der Waals surface area contributed by atoms with E-state index < -0.39 is 28.5 Å². The molecule has 0 fully saturated rings. The number of hydrogen-bond acceptors (Lipinski definition) is 4. The minimum Gasteiger partial charge on any atom is -0.352 e. The summed E-state index contributed by atoms with van der Waals surface area (Å²) in [5.41, 5.74) is 1.93. The molecule has 0 aliphatic carbocycles. The van der Waals surface area contributed by atoms with Gasteiger partial charge < -0.3 is 10.2 Å². The van der Waals surface area contributed by atoms with Gasteiger partial charge in [-0.25, -0.2) is 8.42 Å². The van der Waals surface area contributed by atoms with Gasteiger partial charge in [-0.2, -0.15) is 0 Å². The van der Waals surface area contributed by atoms with Crippen LogP contribution in [0.5, 0.6) is 0 Å². The molecule has 10 heteroatoms. The number of halogens is 2. The van der Waals surface area contributed by atoms with Crippen LogP contribution in [0.1, 0.15) is 44.7 Å². The Labute approximate surface area is 247 Å².